The smallest absolute Gasteiger partial charge is 0.407 e. The molecule has 0 heterocycles. The van der Waals surface area contributed by atoms with E-state index >= 15 is 0 Å². The highest BCUT2D eigenvalue weighted by molar-refractivity contribution is 5.66. The van der Waals surface area contributed by atoms with Crippen LogP contribution in [0.5, 0.6) is 0 Å². The van der Waals surface area contributed by atoms with Gasteiger partial charge in [-0.1, -0.05) is 26.2 Å². The number of ether oxygens (including phenoxy) is 1. The van der Waals surface area contributed by atoms with Gasteiger partial charge in [-0.3, -0.25) is 0 Å². The van der Waals surface area contributed by atoms with Gasteiger partial charge in [-0.25, -0.2) is 4.79 Å². The maximum Gasteiger partial charge on any atom is 0.407 e. The van der Waals surface area contributed by atoms with E-state index in [4.69, 9.17) is 4.74 Å². The number of rotatable bonds is 7. The van der Waals surface area contributed by atoms with Gasteiger partial charge >= 0.3 is 6.09 Å². The number of hydrogen-bond donors (Lipinski definition) is 1. The fraction of sp³-hybridized carbons (Fsp3) is 0.800. The van der Waals surface area contributed by atoms with E-state index < -0.39 is 0 Å². The second-order valence-electron chi connectivity index (χ2n) is 2.98. The van der Waals surface area contributed by atoms with Crippen molar-refractivity contribution in [2.75, 3.05) is 13.2 Å². The summed E-state index contributed by atoms with van der Waals surface area (Å²) in [5, 5.41) is 2.69. The summed E-state index contributed by atoms with van der Waals surface area (Å²) in [6.45, 7) is 6.86. The average molecular weight is 186 g/mol. The van der Waals surface area contributed by atoms with Crippen LogP contribution in [-0.4, -0.2) is 19.2 Å². The number of hydrogen-bond acceptors (Lipinski definition) is 2. The Morgan fingerprint density at radius 2 is 2.15 bits per heavy atom. The number of carbonyl (C=O) groups excluding carboxylic acids is 1. The Labute approximate surface area is 80.8 Å². The van der Waals surface area contributed by atoms with Gasteiger partial charge in [0.1, 0.15) is 0 Å². The molecule has 0 fully saturated rings. The molecule has 3 nitrogen and oxygen atoms in total. The molecule has 0 aliphatic heterocycles. The van der Waals surface area contributed by atoms with Crippen molar-refractivity contribution in [2.45, 2.75) is 39.0 Å². The normalized spacial score (nSPS) is 9.69. The lowest BCUT2D eigenvalue weighted by Crippen LogP contribution is -2.25. The van der Waals surface area contributed by atoms with Crippen LogP contribution in [0.3, 0.4) is 0 Å². The molecule has 0 bridgehead atoms. The minimum absolute atomic E-state index is 0.319. The van der Waals surface area contributed by atoms with Gasteiger partial charge in [-0.05, 0) is 19.8 Å². The van der Waals surface area contributed by atoms with Crippen molar-refractivity contribution in [1.29, 1.82) is 0 Å². The fourth-order valence-corrected chi connectivity index (χ4v) is 0.958. The Balaban J connectivity index is 3.08. The molecular weight excluding hydrogens is 166 g/mol. The highest BCUT2D eigenvalue weighted by atomic mass is 16.5. The first-order valence-corrected chi connectivity index (χ1v) is 5.01. The molecule has 0 unspecified atom stereocenters. The van der Waals surface area contributed by atoms with Crippen molar-refractivity contribution in [1.82, 2.24) is 5.32 Å². The number of carbonyl (C=O) groups is 1. The molecular formula is C10H20NO2. The summed E-state index contributed by atoms with van der Waals surface area (Å²) in [6, 6.07) is 0. The van der Waals surface area contributed by atoms with Crippen LogP contribution in [0, 0.1) is 6.92 Å². The van der Waals surface area contributed by atoms with E-state index in [9.17, 15) is 4.79 Å². The van der Waals surface area contributed by atoms with Gasteiger partial charge in [0.05, 0.1) is 6.61 Å². The minimum atomic E-state index is -0.319. The van der Waals surface area contributed by atoms with Crippen LogP contribution in [0.4, 0.5) is 4.79 Å². The lowest BCUT2D eigenvalue weighted by atomic mass is 10.2. The van der Waals surface area contributed by atoms with Crippen LogP contribution < -0.4 is 5.32 Å². The summed E-state index contributed by atoms with van der Waals surface area (Å²) in [4.78, 5) is 10.9. The van der Waals surface area contributed by atoms with Crippen molar-refractivity contribution in [3.8, 4) is 0 Å². The van der Waals surface area contributed by atoms with Gasteiger partial charge < -0.3 is 10.1 Å². The molecule has 0 rings (SSSR count). The summed E-state index contributed by atoms with van der Waals surface area (Å²) in [5.74, 6) is 0. The summed E-state index contributed by atoms with van der Waals surface area (Å²) in [7, 11) is 0. The van der Waals surface area contributed by atoms with E-state index in [-0.39, 0.29) is 6.09 Å². The van der Waals surface area contributed by atoms with E-state index in [0.29, 0.717) is 13.0 Å². The first-order chi connectivity index (χ1) is 6.31. The summed E-state index contributed by atoms with van der Waals surface area (Å²) < 4.78 is 4.79. The molecule has 3 heteroatoms. The van der Waals surface area contributed by atoms with Crippen LogP contribution in [0.25, 0.3) is 0 Å². The first-order valence-electron chi connectivity index (χ1n) is 5.01. The molecule has 0 saturated carbocycles. The molecule has 0 aromatic carbocycles. The zero-order chi connectivity index (χ0) is 9.94. The molecule has 0 saturated heterocycles. The van der Waals surface area contributed by atoms with Gasteiger partial charge in [-0.2, -0.15) is 0 Å². The molecule has 77 valence electrons. The third-order valence-corrected chi connectivity index (χ3v) is 1.68. The zero-order valence-electron chi connectivity index (χ0n) is 8.47. The maximum absolute atomic E-state index is 10.9. The number of nitrogens with one attached hydrogen (secondary N) is 1. The topological polar surface area (TPSA) is 38.3 Å². The Morgan fingerprint density at radius 3 is 2.77 bits per heavy atom. The monoisotopic (exact) mass is 186 g/mol. The number of alkyl carbamates (subject to hydrolysis) is 1. The van der Waals surface area contributed by atoms with E-state index in [1.165, 1.54) is 19.3 Å². The molecule has 0 spiro atoms. The molecule has 0 aliphatic rings. The van der Waals surface area contributed by atoms with Crippen LogP contribution in [0.1, 0.15) is 39.0 Å². The van der Waals surface area contributed by atoms with Crippen LogP contribution in [-0.2, 0) is 4.74 Å². The molecule has 0 aromatic rings. The molecule has 13 heavy (non-hydrogen) atoms. The average Bonchev–Trinajstić information content (AvgIpc) is 2.14. The third kappa shape index (κ3) is 9.18. The van der Waals surface area contributed by atoms with Crippen molar-refractivity contribution < 1.29 is 9.53 Å². The Bertz CT molecular complexity index is 126. The summed E-state index contributed by atoms with van der Waals surface area (Å²) >= 11 is 0. The molecule has 1 N–H and O–H groups in total. The standard InChI is InChI=1S/C10H20NO2/c1-3-5-6-7-8-11-10(12)13-9-4-2/h2-9H2,1H3,(H,11,12). The first kappa shape index (κ1) is 12.3. The molecule has 1 amide bonds. The Hall–Kier alpha value is -0.730. The minimum Gasteiger partial charge on any atom is -0.450 e. The molecule has 0 atom stereocenters. The van der Waals surface area contributed by atoms with Crippen LogP contribution >= 0.6 is 0 Å². The van der Waals surface area contributed by atoms with Crippen molar-refractivity contribution in [2.24, 2.45) is 0 Å². The van der Waals surface area contributed by atoms with Gasteiger partial charge in [0.25, 0.3) is 0 Å². The number of unbranched alkanes of at least 4 members (excludes halogenated alkanes) is 3. The second kappa shape index (κ2) is 9.36. The van der Waals surface area contributed by atoms with E-state index in [2.05, 4.69) is 19.2 Å². The predicted molar refractivity (Wildman–Crippen MR) is 53.5 cm³/mol. The molecule has 1 radical (unpaired) electrons. The van der Waals surface area contributed by atoms with Gasteiger partial charge in [0.15, 0.2) is 0 Å². The molecule has 0 aromatic heterocycles. The summed E-state index contributed by atoms with van der Waals surface area (Å²) in [5.41, 5.74) is 0. The SMILES string of the molecule is [CH2]CCOC(=O)NCCCCCC. The maximum atomic E-state index is 10.9. The van der Waals surface area contributed by atoms with E-state index in [1.807, 2.05) is 0 Å². The van der Waals surface area contributed by atoms with Crippen molar-refractivity contribution in [3.05, 3.63) is 6.92 Å². The lowest BCUT2D eigenvalue weighted by Gasteiger charge is -2.04. The predicted octanol–water partition coefficient (Wildman–Crippen LogP) is 2.52. The highest BCUT2D eigenvalue weighted by Gasteiger charge is 1.98. The quantitative estimate of drug-likeness (QED) is 0.620. The van der Waals surface area contributed by atoms with Crippen molar-refractivity contribution in [3.63, 3.8) is 0 Å². The fourth-order valence-electron chi connectivity index (χ4n) is 0.958. The number of amides is 1. The summed E-state index contributed by atoms with van der Waals surface area (Å²) in [6.07, 6.45) is 4.96. The molecule has 0 aliphatic carbocycles. The van der Waals surface area contributed by atoms with Gasteiger partial charge in [-0.15, -0.1) is 0 Å². The third-order valence-electron chi connectivity index (χ3n) is 1.68. The Morgan fingerprint density at radius 1 is 1.38 bits per heavy atom. The van der Waals surface area contributed by atoms with Gasteiger partial charge in [0.2, 0.25) is 0 Å². The zero-order valence-corrected chi connectivity index (χ0v) is 8.47. The second-order valence-corrected chi connectivity index (χ2v) is 2.98. The van der Waals surface area contributed by atoms with Crippen molar-refractivity contribution >= 4 is 6.09 Å². The highest BCUT2D eigenvalue weighted by Crippen LogP contribution is 1.97. The van der Waals surface area contributed by atoms with Crippen LogP contribution in [0.15, 0.2) is 0 Å². The largest absolute Gasteiger partial charge is 0.450 e. The Kier molecular flexibility index (Phi) is 8.83. The lowest BCUT2D eigenvalue weighted by molar-refractivity contribution is 0.148. The van der Waals surface area contributed by atoms with E-state index in [0.717, 1.165) is 13.0 Å². The van der Waals surface area contributed by atoms with E-state index in [1.54, 1.807) is 0 Å². The van der Waals surface area contributed by atoms with Crippen LogP contribution in [0.2, 0.25) is 0 Å². The van der Waals surface area contributed by atoms with Gasteiger partial charge in [0, 0.05) is 6.54 Å².